The first-order chi connectivity index (χ1) is 16.6. The lowest BCUT2D eigenvalue weighted by atomic mass is 10.1. The standard InChI is InChI=1S/C25H26N2O6S/c1-5-9-27-17-14-18-19(33-11-10-32-18)15-22(17)34-25(27)26-24(28)16-12-20(29-6-2)23(31-8-4)21(13-16)30-7-3/h1,12-15H,6-11H2,2-4H3. The molecule has 2 heterocycles. The number of terminal acetylenes is 1. The summed E-state index contributed by atoms with van der Waals surface area (Å²) < 4.78 is 31.3. The van der Waals surface area contributed by atoms with Crippen molar-refractivity contribution >= 4 is 27.5 Å². The predicted molar refractivity (Wildman–Crippen MR) is 129 cm³/mol. The van der Waals surface area contributed by atoms with Gasteiger partial charge in [-0.25, -0.2) is 0 Å². The molecule has 0 N–H and O–H groups in total. The van der Waals surface area contributed by atoms with Crippen LogP contribution in [-0.4, -0.2) is 43.5 Å². The van der Waals surface area contributed by atoms with Crippen LogP contribution in [0.1, 0.15) is 31.1 Å². The van der Waals surface area contributed by atoms with Gasteiger partial charge in [-0.3, -0.25) is 4.79 Å². The lowest BCUT2D eigenvalue weighted by Crippen LogP contribution is -2.17. The van der Waals surface area contributed by atoms with Gasteiger partial charge in [-0.15, -0.1) is 6.42 Å². The first-order valence-corrected chi connectivity index (χ1v) is 11.9. The summed E-state index contributed by atoms with van der Waals surface area (Å²) in [6.45, 7) is 8.08. The zero-order valence-corrected chi connectivity index (χ0v) is 20.2. The third kappa shape index (κ3) is 4.68. The highest BCUT2D eigenvalue weighted by molar-refractivity contribution is 7.16. The molecule has 0 saturated heterocycles. The number of hydrogen-bond donors (Lipinski definition) is 0. The van der Waals surface area contributed by atoms with Gasteiger partial charge >= 0.3 is 0 Å². The van der Waals surface area contributed by atoms with Crippen molar-refractivity contribution in [3.63, 3.8) is 0 Å². The van der Waals surface area contributed by atoms with Gasteiger partial charge < -0.3 is 28.3 Å². The molecule has 1 aliphatic heterocycles. The fourth-order valence-electron chi connectivity index (χ4n) is 3.60. The number of aromatic nitrogens is 1. The van der Waals surface area contributed by atoms with Gasteiger partial charge in [0.05, 0.1) is 36.6 Å². The van der Waals surface area contributed by atoms with E-state index in [1.807, 2.05) is 37.5 Å². The Morgan fingerprint density at radius 3 is 2.24 bits per heavy atom. The van der Waals surface area contributed by atoms with Crippen molar-refractivity contribution in [3.8, 4) is 41.1 Å². The van der Waals surface area contributed by atoms with E-state index < -0.39 is 5.91 Å². The Labute approximate surface area is 201 Å². The monoisotopic (exact) mass is 482 g/mol. The minimum absolute atomic E-state index is 0.253. The Morgan fingerprint density at radius 1 is 1.03 bits per heavy atom. The molecule has 34 heavy (non-hydrogen) atoms. The molecule has 0 saturated carbocycles. The highest BCUT2D eigenvalue weighted by atomic mass is 32.1. The summed E-state index contributed by atoms with van der Waals surface area (Å²) in [5.74, 6) is 4.85. The second-order valence-electron chi connectivity index (χ2n) is 7.16. The maximum absolute atomic E-state index is 13.3. The number of fused-ring (bicyclic) bond motifs is 2. The van der Waals surface area contributed by atoms with Gasteiger partial charge in [0.25, 0.3) is 5.91 Å². The van der Waals surface area contributed by atoms with Gasteiger partial charge in [-0.2, -0.15) is 4.99 Å². The largest absolute Gasteiger partial charge is 0.490 e. The van der Waals surface area contributed by atoms with E-state index in [9.17, 15) is 4.79 Å². The van der Waals surface area contributed by atoms with E-state index in [0.29, 0.717) is 72.1 Å². The molecule has 8 nitrogen and oxygen atoms in total. The predicted octanol–water partition coefficient (Wildman–Crippen LogP) is 4.04. The van der Waals surface area contributed by atoms with Crippen molar-refractivity contribution in [3.05, 3.63) is 34.6 Å². The van der Waals surface area contributed by atoms with Gasteiger partial charge in [0.15, 0.2) is 27.8 Å². The van der Waals surface area contributed by atoms with E-state index in [4.69, 9.17) is 30.1 Å². The molecule has 9 heteroatoms. The summed E-state index contributed by atoms with van der Waals surface area (Å²) in [4.78, 5) is 18.1. The molecular weight excluding hydrogens is 456 g/mol. The highest BCUT2D eigenvalue weighted by Crippen LogP contribution is 2.39. The Balaban J connectivity index is 1.82. The molecule has 4 rings (SSSR count). The molecular formula is C25H26N2O6S. The third-order valence-corrected chi connectivity index (χ3v) is 5.99. The van der Waals surface area contributed by atoms with Crippen LogP contribution in [0.25, 0.3) is 10.2 Å². The van der Waals surface area contributed by atoms with Crippen molar-refractivity contribution < 1.29 is 28.5 Å². The highest BCUT2D eigenvalue weighted by Gasteiger charge is 2.20. The summed E-state index contributed by atoms with van der Waals surface area (Å²) in [5, 5.41) is 0. The number of thiazole rings is 1. The molecule has 178 valence electrons. The Hall–Kier alpha value is -3.64. The average molecular weight is 483 g/mol. The first-order valence-electron chi connectivity index (χ1n) is 11.1. The molecule has 0 unspecified atom stereocenters. The molecule has 1 aliphatic rings. The molecule has 1 aromatic heterocycles. The fourth-order valence-corrected chi connectivity index (χ4v) is 4.64. The molecule has 0 bridgehead atoms. The number of nitrogens with zero attached hydrogens (tertiary/aromatic N) is 2. The van der Waals surface area contributed by atoms with E-state index in [0.717, 1.165) is 10.2 Å². The third-order valence-electron chi connectivity index (χ3n) is 4.95. The quantitative estimate of drug-likeness (QED) is 0.451. The number of carbonyl (C=O) groups excluding carboxylic acids is 1. The number of carbonyl (C=O) groups is 1. The molecule has 0 spiro atoms. The van der Waals surface area contributed by atoms with Crippen LogP contribution in [0.15, 0.2) is 29.3 Å². The maximum Gasteiger partial charge on any atom is 0.279 e. The molecule has 2 aromatic carbocycles. The molecule has 0 fully saturated rings. The van der Waals surface area contributed by atoms with Crippen LogP contribution in [0.3, 0.4) is 0 Å². The molecule has 0 radical (unpaired) electrons. The van der Waals surface area contributed by atoms with Crippen molar-refractivity contribution in [2.45, 2.75) is 27.3 Å². The van der Waals surface area contributed by atoms with E-state index in [1.54, 1.807) is 12.1 Å². The van der Waals surface area contributed by atoms with Gasteiger partial charge in [0.2, 0.25) is 5.75 Å². The normalized spacial score (nSPS) is 12.9. The van der Waals surface area contributed by atoms with Crippen LogP contribution in [0.5, 0.6) is 28.7 Å². The van der Waals surface area contributed by atoms with E-state index in [2.05, 4.69) is 10.9 Å². The smallest absolute Gasteiger partial charge is 0.279 e. The van der Waals surface area contributed by atoms with Crippen LogP contribution >= 0.6 is 11.3 Å². The number of ether oxygens (including phenoxy) is 5. The lowest BCUT2D eigenvalue weighted by molar-refractivity contribution is 0.0996. The minimum Gasteiger partial charge on any atom is -0.490 e. The van der Waals surface area contributed by atoms with Gasteiger partial charge in [-0.05, 0) is 32.9 Å². The summed E-state index contributed by atoms with van der Waals surface area (Å²) in [7, 11) is 0. The van der Waals surface area contributed by atoms with Crippen LogP contribution in [0.4, 0.5) is 0 Å². The number of amides is 1. The van der Waals surface area contributed by atoms with Crippen molar-refractivity contribution in [2.75, 3.05) is 33.0 Å². The van der Waals surface area contributed by atoms with E-state index in [1.165, 1.54) is 11.3 Å². The van der Waals surface area contributed by atoms with Gasteiger partial charge in [-0.1, -0.05) is 17.3 Å². The number of rotatable bonds is 8. The average Bonchev–Trinajstić information content (AvgIpc) is 3.15. The Morgan fingerprint density at radius 2 is 1.65 bits per heavy atom. The topological polar surface area (TPSA) is 80.5 Å². The molecule has 3 aromatic rings. The fraction of sp³-hybridized carbons (Fsp3) is 0.360. The lowest BCUT2D eigenvalue weighted by Gasteiger charge is -2.18. The number of benzene rings is 2. The van der Waals surface area contributed by atoms with Crippen molar-refractivity contribution in [1.82, 2.24) is 4.57 Å². The van der Waals surface area contributed by atoms with Crippen LogP contribution in [0, 0.1) is 12.3 Å². The second-order valence-corrected chi connectivity index (χ2v) is 8.17. The maximum atomic E-state index is 13.3. The molecule has 1 amide bonds. The van der Waals surface area contributed by atoms with E-state index in [-0.39, 0.29) is 6.54 Å². The zero-order valence-electron chi connectivity index (χ0n) is 19.4. The first kappa shape index (κ1) is 23.5. The van der Waals surface area contributed by atoms with Crippen LogP contribution in [-0.2, 0) is 6.54 Å². The summed E-state index contributed by atoms with van der Waals surface area (Å²) in [5.41, 5.74) is 1.15. The SMILES string of the molecule is C#CCn1c(=NC(=O)c2cc(OCC)c(OCC)c(OCC)c2)sc2cc3c(cc21)OCCO3. The Bertz CT molecular complexity index is 1290. The van der Waals surface area contributed by atoms with Crippen molar-refractivity contribution in [2.24, 2.45) is 4.99 Å². The zero-order chi connectivity index (χ0) is 24.1. The summed E-state index contributed by atoms with van der Waals surface area (Å²) >= 11 is 1.36. The minimum atomic E-state index is -0.445. The van der Waals surface area contributed by atoms with Gasteiger partial charge in [0.1, 0.15) is 13.2 Å². The summed E-state index contributed by atoms with van der Waals surface area (Å²) in [6.07, 6.45) is 5.62. The van der Waals surface area contributed by atoms with Crippen molar-refractivity contribution in [1.29, 1.82) is 0 Å². The second kappa shape index (κ2) is 10.5. The van der Waals surface area contributed by atoms with Crippen LogP contribution in [0.2, 0.25) is 0 Å². The molecule has 0 atom stereocenters. The Kier molecular flexibility index (Phi) is 7.28. The summed E-state index contributed by atoms with van der Waals surface area (Å²) in [6, 6.07) is 7.02. The number of hydrogen-bond acceptors (Lipinski definition) is 7. The van der Waals surface area contributed by atoms with Gasteiger partial charge in [0, 0.05) is 17.7 Å². The molecule has 0 aliphatic carbocycles. The van der Waals surface area contributed by atoms with Crippen LogP contribution < -0.4 is 28.5 Å². The van der Waals surface area contributed by atoms with E-state index >= 15 is 0 Å².